The second kappa shape index (κ2) is 6.45. The maximum atomic E-state index is 11.7. The fourth-order valence-corrected chi connectivity index (χ4v) is 2.83. The van der Waals surface area contributed by atoms with E-state index in [4.69, 9.17) is 14.3 Å². The highest BCUT2D eigenvalue weighted by Gasteiger charge is 2.05. The van der Waals surface area contributed by atoms with E-state index in [1.807, 2.05) is 18.2 Å². The summed E-state index contributed by atoms with van der Waals surface area (Å²) in [5.74, 6) is 1.16. The molecule has 0 aliphatic rings. The Morgan fingerprint density at radius 3 is 2.54 bits per heavy atom. The van der Waals surface area contributed by atoms with Crippen LogP contribution in [0.5, 0.6) is 11.6 Å². The van der Waals surface area contributed by atoms with Gasteiger partial charge < -0.3 is 9.47 Å². The van der Waals surface area contributed by atoms with Crippen LogP contribution in [-0.4, -0.2) is 27.5 Å². The number of rotatable bonds is 5. The Morgan fingerprint density at radius 2 is 1.88 bits per heavy atom. The largest absolute Gasteiger partial charge is 0.497 e. The molecule has 0 saturated carbocycles. The standard InChI is InChI=1S/C17H17N3O3S/c1-22-13-5-8-15-16(9-13)19-10-17(20-15)23-11-12-3-6-14(7-4-12)24(2,18)21/h3-10,18H,11H2,1-2H3. The van der Waals surface area contributed by atoms with Crippen LogP contribution in [0.25, 0.3) is 11.0 Å². The number of aromatic nitrogens is 2. The summed E-state index contributed by atoms with van der Waals surface area (Å²) in [4.78, 5) is 9.23. The fraction of sp³-hybridized carbons (Fsp3) is 0.176. The van der Waals surface area contributed by atoms with Crippen LogP contribution in [0.1, 0.15) is 5.56 Å². The van der Waals surface area contributed by atoms with E-state index in [-0.39, 0.29) is 0 Å². The van der Waals surface area contributed by atoms with Crippen molar-refractivity contribution >= 4 is 20.8 Å². The quantitative estimate of drug-likeness (QED) is 0.768. The third kappa shape index (κ3) is 3.62. The molecule has 0 aliphatic heterocycles. The second-order valence-electron chi connectivity index (χ2n) is 5.34. The summed E-state index contributed by atoms with van der Waals surface area (Å²) in [6.07, 6.45) is 2.97. The number of methoxy groups -OCH3 is 1. The van der Waals surface area contributed by atoms with E-state index in [1.165, 1.54) is 6.26 Å². The molecule has 1 unspecified atom stereocenters. The summed E-state index contributed by atoms with van der Waals surface area (Å²) in [6.45, 7) is 0.319. The van der Waals surface area contributed by atoms with Crippen LogP contribution in [-0.2, 0) is 16.3 Å². The minimum absolute atomic E-state index is 0.319. The minimum Gasteiger partial charge on any atom is -0.497 e. The molecule has 24 heavy (non-hydrogen) atoms. The first-order valence-corrected chi connectivity index (χ1v) is 9.19. The molecule has 0 radical (unpaired) electrons. The number of hydrogen-bond donors (Lipinski definition) is 1. The summed E-state index contributed by atoms with van der Waals surface area (Å²) in [5.41, 5.74) is 2.36. The third-order valence-corrected chi connectivity index (χ3v) is 4.66. The average Bonchev–Trinajstić information content (AvgIpc) is 2.59. The highest BCUT2D eigenvalue weighted by atomic mass is 32.2. The smallest absolute Gasteiger partial charge is 0.233 e. The van der Waals surface area contributed by atoms with Crippen molar-refractivity contribution in [2.75, 3.05) is 13.4 Å². The van der Waals surface area contributed by atoms with Gasteiger partial charge in [0.2, 0.25) is 5.88 Å². The molecule has 0 amide bonds. The van der Waals surface area contributed by atoms with Crippen molar-refractivity contribution < 1.29 is 13.7 Å². The Hall–Kier alpha value is -2.67. The molecule has 6 nitrogen and oxygen atoms in total. The lowest BCUT2D eigenvalue weighted by Gasteiger charge is -2.08. The van der Waals surface area contributed by atoms with Gasteiger partial charge >= 0.3 is 0 Å². The van der Waals surface area contributed by atoms with Crippen LogP contribution < -0.4 is 9.47 Å². The summed E-state index contributed by atoms with van der Waals surface area (Å²) in [5, 5.41) is 0. The molecule has 1 atom stereocenters. The molecular weight excluding hydrogens is 326 g/mol. The summed E-state index contributed by atoms with van der Waals surface area (Å²) in [6, 6.07) is 12.4. The zero-order valence-corrected chi connectivity index (χ0v) is 14.2. The van der Waals surface area contributed by atoms with Crippen LogP contribution in [0.3, 0.4) is 0 Å². The van der Waals surface area contributed by atoms with E-state index in [1.54, 1.807) is 37.6 Å². The Labute approximate surface area is 140 Å². The van der Waals surface area contributed by atoms with Crippen molar-refractivity contribution in [3.8, 4) is 11.6 Å². The van der Waals surface area contributed by atoms with Gasteiger partial charge in [-0.1, -0.05) is 12.1 Å². The van der Waals surface area contributed by atoms with E-state index >= 15 is 0 Å². The Kier molecular flexibility index (Phi) is 4.35. The minimum atomic E-state index is -2.69. The molecule has 0 fully saturated rings. The summed E-state index contributed by atoms with van der Waals surface area (Å²) < 4.78 is 30.0. The molecule has 0 aliphatic carbocycles. The number of nitrogens with zero attached hydrogens (tertiary/aromatic N) is 2. The van der Waals surface area contributed by atoms with Gasteiger partial charge in [0.1, 0.15) is 12.4 Å². The number of hydrogen-bond acceptors (Lipinski definition) is 6. The van der Waals surface area contributed by atoms with Crippen LogP contribution >= 0.6 is 0 Å². The maximum absolute atomic E-state index is 11.7. The third-order valence-electron chi connectivity index (χ3n) is 3.49. The van der Waals surface area contributed by atoms with Gasteiger partial charge in [-0.05, 0) is 29.8 Å². The molecule has 7 heteroatoms. The van der Waals surface area contributed by atoms with E-state index < -0.39 is 9.73 Å². The Morgan fingerprint density at radius 1 is 1.12 bits per heavy atom. The number of ether oxygens (including phenoxy) is 2. The Balaban J connectivity index is 1.73. The van der Waals surface area contributed by atoms with Crippen LogP contribution in [0.2, 0.25) is 0 Å². The average molecular weight is 343 g/mol. The summed E-state index contributed by atoms with van der Waals surface area (Å²) in [7, 11) is -1.08. The lowest BCUT2D eigenvalue weighted by molar-refractivity contribution is 0.293. The SMILES string of the molecule is COc1ccc2nc(OCc3ccc(S(C)(=N)=O)cc3)cnc2c1. The molecule has 3 rings (SSSR count). The number of benzene rings is 2. The van der Waals surface area contributed by atoms with E-state index in [0.29, 0.717) is 17.4 Å². The van der Waals surface area contributed by atoms with E-state index in [9.17, 15) is 4.21 Å². The predicted octanol–water partition coefficient (Wildman–Crippen LogP) is 3.25. The van der Waals surface area contributed by atoms with Crippen molar-refractivity contribution in [3.05, 3.63) is 54.2 Å². The number of fused-ring (bicyclic) bond motifs is 1. The normalized spacial score (nSPS) is 13.4. The molecule has 1 aromatic heterocycles. The van der Waals surface area contributed by atoms with Gasteiger partial charge in [0.25, 0.3) is 0 Å². The van der Waals surface area contributed by atoms with Crippen LogP contribution in [0, 0.1) is 4.78 Å². The van der Waals surface area contributed by atoms with Crippen molar-refractivity contribution in [2.45, 2.75) is 11.5 Å². The van der Waals surface area contributed by atoms with Gasteiger partial charge in [0, 0.05) is 17.2 Å². The molecule has 3 aromatic rings. The molecule has 0 bridgehead atoms. The topological polar surface area (TPSA) is 85.2 Å². The first kappa shape index (κ1) is 16.2. The van der Waals surface area contributed by atoms with E-state index in [0.717, 1.165) is 22.3 Å². The first-order valence-electron chi connectivity index (χ1n) is 7.22. The zero-order chi connectivity index (χ0) is 17.2. The van der Waals surface area contributed by atoms with Crippen molar-refractivity contribution in [1.29, 1.82) is 4.78 Å². The van der Waals surface area contributed by atoms with Gasteiger partial charge in [0.15, 0.2) is 0 Å². The highest BCUT2D eigenvalue weighted by molar-refractivity contribution is 7.91. The predicted molar refractivity (Wildman–Crippen MR) is 91.9 cm³/mol. The molecular formula is C17H17N3O3S. The molecule has 1 heterocycles. The van der Waals surface area contributed by atoms with Gasteiger partial charge in [0.05, 0.1) is 34.1 Å². The second-order valence-corrected chi connectivity index (χ2v) is 7.50. The Bertz CT molecular complexity index is 970. The van der Waals surface area contributed by atoms with Gasteiger partial charge in [-0.15, -0.1) is 0 Å². The van der Waals surface area contributed by atoms with E-state index in [2.05, 4.69) is 9.97 Å². The lowest BCUT2D eigenvalue weighted by atomic mass is 10.2. The van der Waals surface area contributed by atoms with Crippen LogP contribution in [0.15, 0.2) is 53.6 Å². The van der Waals surface area contributed by atoms with Gasteiger partial charge in [-0.3, -0.25) is 0 Å². The van der Waals surface area contributed by atoms with Crippen molar-refractivity contribution in [2.24, 2.45) is 0 Å². The van der Waals surface area contributed by atoms with Crippen molar-refractivity contribution in [1.82, 2.24) is 9.97 Å². The molecule has 1 N–H and O–H groups in total. The fourth-order valence-electron chi connectivity index (χ4n) is 2.17. The lowest BCUT2D eigenvalue weighted by Crippen LogP contribution is -2.00. The maximum Gasteiger partial charge on any atom is 0.233 e. The molecule has 0 spiro atoms. The zero-order valence-electron chi connectivity index (χ0n) is 13.4. The molecule has 0 saturated heterocycles. The number of nitrogens with one attached hydrogen (secondary N) is 1. The summed E-state index contributed by atoms with van der Waals surface area (Å²) >= 11 is 0. The first-order chi connectivity index (χ1) is 11.5. The molecule has 124 valence electrons. The van der Waals surface area contributed by atoms with Gasteiger partial charge in [-0.25, -0.2) is 19.0 Å². The van der Waals surface area contributed by atoms with Crippen LogP contribution in [0.4, 0.5) is 0 Å². The monoisotopic (exact) mass is 343 g/mol. The van der Waals surface area contributed by atoms with Crippen molar-refractivity contribution in [3.63, 3.8) is 0 Å². The molecule has 2 aromatic carbocycles. The highest BCUT2D eigenvalue weighted by Crippen LogP contribution is 2.20. The van der Waals surface area contributed by atoms with Gasteiger partial charge in [-0.2, -0.15) is 0 Å².